The third-order valence-corrected chi connectivity index (χ3v) is 2.54. The van der Waals surface area contributed by atoms with Crippen LogP contribution in [0.25, 0.3) is 0 Å². The highest BCUT2D eigenvalue weighted by Crippen LogP contribution is 2.08. The average Bonchev–Trinajstić information content (AvgIpc) is 2.70. The van der Waals surface area contributed by atoms with Crippen LogP contribution in [0.4, 0.5) is 0 Å². The number of hydrogen-bond acceptors (Lipinski definition) is 5. The van der Waals surface area contributed by atoms with E-state index in [0.29, 0.717) is 37.1 Å². The van der Waals surface area contributed by atoms with E-state index in [4.69, 9.17) is 10.3 Å². The van der Waals surface area contributed by atoms with Crippen molar-refractivity contribution in [3.05, 3.63) is 11.7 Å². The normalized spacial score (nSPS) is 12.4. The lowest BCUT2D eigenvalue weighted by molar-refractivity contribution is -0.121. The Morgan fingerprint density at radius 1 is 1.53 bits per heavy atom. The van der Waals surface area contributed by atoms with Crippen LogP contribution in [0.5, 0.6) is 0 Å². The van der Waals surface area contributed by atoms with Crippen LogP contribution in [0.2, 0.25) is 0 Å². The van der Waals surface area contributed by atoms with Crippen LogP contribution in [0, 0.1) is 12.8 Å². The number of carbonyl (C=O) groups is 1. The minimum absolute atomic E-state index is 0.0105. The molecule has 0 aliphatic heterocycles. The predicted octanol–water partition coefficient (Wildman–Crippen LogP) is 0.759. The van der Waals surface area contributed by atoms with Gasteiger partial charge in [0.1, 0.15) is 0 Å². The molecule has 0 aliphatic rings. The third kappa shape index (κ3) is 5.44. The van der Waals surface area contributed by atoms with Crippen LogP contribution in [0.1, 0.15) is 37.9 Å². The van der Waals surface area contributed by atoms with Gasteiger partial charge in [-0.15, -0.1) is 0 Å². The molecule has 0 spiro atoms. The molecule has 0 radical (unpaired) electrons. The van der Waals surface area contributed by atoms with E-state index in [-0.39, 0.29) is 5.91 Å². The Morgan fingerprint density at radius 2 is 2.29 bits per heavy atom. The van der Waals surface area contributed by atoms with Gasteiger partial charge in [0.2, 0.25) is 11.8 Å². The highest BCUT2D eigenvalue weighted by atomic mass is 16.5. The molecule has 1 heterocycles. The zero-order valence-corrected chi connectivity index (χ0v) is 10.4. The lowest BCUT2D eigenvalue weighted by atomic mass is 10.0. The first-order chi connectivity index (χ1) is 8.11. The summed E-state index contributed by atoms with van der Waals surface area (Å²) in [6, 6.07) is 0. The van der Waals surface area contributed by atoms with E-state index in [1.807, 2.05) is 0 Å². The summed E-state index contributed by atoms with van der Waals surface area (Å²) in [5, 5.41) is 6.45. The molecule has 6 nitrogen and oxygen atoms in total. The first-order valence-electron chi connectivity index (χ1n) is 5.87. The highest BCUT2D eigenvalue weighted by Gasteiger charge is 2.08. The number of amides is 1. The monoisotopic (exact) mass is 240 g/mol. The number of nitrogens with zero attached hydrogens (tertiary/aromatic N) is 2. The van der Waals surface area contributed by atoms with Crippen molar-refractivity contribution in [2.45, 2.75) is 39.7 Å². The van der Waals surface area contributed by atoms with Crippen LogP contribution in [-0.4, -0.2) is 22.6 Å². The van der Waals surface area contributed by atoms with Crippen LogP contribution >= 0.6 is 0 Å². The summed E-state index contributed by atoms with van der Waals surface area (Å²) in [6.07, 6.45) is 2.32. The number of carbonyl (C=O) groups excluding carboxylic acids is 1. The summed E-state index contributed by atoms with van der Waals surface area (Å²) in [6.45, 7) is 4.81. The maximum absolute atomic E-state index is 11.5. The van der Waals surface area contributed by atoms with E-state index < -0.39 is 0 Å². The van der Waals surface area contributed by atoms with Gasteiger partial charge in [-0.3, -0.25) is 4.79 Å². The van der Waals surface area contributed by atoms with Crippen molar-refractivity contribution in [3.63, 3.8) is 0 Å². The molecule has 1 amide bonds. The minimum atomic E-state index is 0.0105. The topological polar surface area (TPSA) is 94.0 Å². The van der Waals surface area contributed by atoms with Gasteiger partial charge >= 0.3 is 0 Å². The number of rotatable bonds is 7. The second-order valence-corrected chi connectivity index (χ2v) is 4.23. The smallest absolute Gasteiger partial charge is 0.223 e. The molecule has 0 aliphatic carbocycles. The van der Waals surface area contributed by atoms with Crippen molar-refractivity contribution >= 4 is 5.91 Å². The van der Waals surface area contributed by atoms with Gasteiger partial charge in [0, 0.05) is 13.3 Å². The van der Waals surface area contributed by atoms with E-state index in [0.717, 1.165) is 12.8 Å². The number of aryl methyl sites for hydroxylation is 1. The quantitative estimate of drug-likeness (QED) is 0.733. The van der Waals surface area contributed by atoms with Crippen molar-refractivity contribution in [3.8, 4) is 0 Å². The Balaban J connectivity index is 2.17. The van der Waals surface area contributed by atoms with Crippen LogP contribution < -0.4 is 11.1 Å². The molecule has 1 unspecified atom stereocenters. The number of hydrogen-bond donors (Lipinski definition) is 2. The van der Waals surface area contributed by atoms with Crippen molar-refractivity contribution < 1.29 is 9.32 Å². The lowest BCUT2D eigenvalue weighted by Crippen LogP contribution is -2.23. The molecule has 0 aromatic carbocycles. The van der Waals surface area contributed by atoms with Gasteiger partial charge in [-0.2, -0.15) is 4.98 Å². The number of nitrogens with two attached hydrogens (primary N) is 1. The van der Waals surface area contributed by atoms with Gasteiger partial charge < -0.3 is 15.6 Å². The minimum Gasteiger partial charge on any atom is -0.349 e. The van der Waals surface area contributed by atoms with Crippen molar-refractivity contribution in [1.29, 1.82) is 0 Å². The summed E-state index contributed by atoms with van der Waals surface area (Å²) >= 11 is 0. The molecule has 96 valence electrons. The van der Waals surface area contributed by atoms with Gasteiger partial charge in [-0.05, 0) is 25.3 Å². The summed E-state index contributed by atoms with van der Waals surface area (Å²) in [5.41, 5.74) is 5.45. The van der Waals surface area contributed by atoms with Gasteiger partial charge in [0.05, 0.1) is 6.54 Å². The Hall–Kier alpha value is -1.43. The second kappa shape index (κ2) is 7.01. The summed E-state index contributed by atoms with van der Waals surface area (Å²) in [4.78, 5) is 15.5. The Kier molecular flexibility index (Phi) is 5.62. The fourth-order valence-electron chi connectivity index (χ4n) is 1.49. The Bertz CT molecular complexity index is 351. The molecule has 17 heavy (non-hydrogen) atoms. The first kappa shape index (κ1) is 13.6. The van der Waals surface area contributed by atoms with E-state index >= 15 is 0 Å². The van der Waals surface area contributed by atoms with E-state index in [2.05, 4.69) is 22.4 Å². The van der Waals surface area contributed by atoms with Crippen LogP contribution in [0.15, 0.2) is 4.52 Å². The van der Waals surface area contributed by atoms with Crippen molar-refractivity contribution in [2.75, 3.05) is 6.54 Å². The fourth-order valence-corrected chi connectivity index (χ4v) is 1.49. The predicted molar refractivity (Wildman–Crippen MR) is 63.0 cm³/mol. The molecule has 0 saturated carbocycles. The zero-order chi connectivity index (χ0) is 12.7. The molecular weight excluding hydrogens is 220 g/mol. The molecule has 1 atom stereocenters. The summed E-state index contributed by atoms with van der Waals surface area (Å²) in [7, 11) is 0. The number of aromatic nitrogens is 2. The van der Waals surface area contributed by atoms with Gasteiger partial charge in [-0.25, -0.2) is 0 Å². The molecule has 0 bridgehead atoms. The van der Waals surface area contributed by atoms with Gasteiger partial charge in [0.15, 0.2) is 5.82 Å². The molecular formula is C11H20N4O2. The average molecular weight is 240 g/mol. The van der Waals surface area contributed by atoms with Gasteiger partial charge in [-0.1, -0.05) is 12.1 Å². The largest absolute Gasteiger partial charge is 0.349 e. The second-order valence-electron chi connectivity index (χ2n) is 4.23. The Morgan fingerprint density at radius 3 is 2.88 bits per heavy atom. The lowest BCUT2D eigenvalue weighted by Gasteiger charge is -2.08. The SMILES string of the molecule is Cc1nc(CNC(=O)CCC(C)CCN)no1. The van der Waals surface area contributed by atoms with Crippen molar-refractivity contribution in [2.24, 2.45) is 11.7 Å². The van der Waals surface area contributed by atoms with Crippen LogP contribution in [0.3, 0.4) is 0 Å². The molecule has 1 aromatic rings. The van der Waals surface area contributed by atoms with E-state index in [1.165, 1.54) is 0 Å². The fraction of sp³-hybridized carbons (Fsp3) is 0.727. The van der Waals surface area contributed by atoms with Gasteiger partial charge in [0.25, 0.3) is 0 Å². The number of nitrogens with one attached hydrogen (secondary N) is 1. The van der Waals surface area contributed by atoms with Crippen LogP contribution in [-0.2, 0) is 11.3 Å². The summed E-state index contributed by atoms with van der Waals surface area (Å²) < 4.78 is 4.80. The zero-order valence-electron chi connectivity index (χ0n) is 10.4. The standard InChI is InChI=1S/C11H20N4O2/c1-8(5-6-12)3-4-11(16)13-7-10-14-9(2)17-15-10/h8H,3-7,12H2,1-2H3,(H,13,16). The first-order valence-corrected chi connectivity index (χ1v) is 5.87. The molecule has 0 fully saturated rings. The molecule has 1 rings (SSSR count). The molecule has 1 aromatic heterocycles. The highest BCUT2D eigenvalue weighted by molar-refractivity contribution is 5.75. The molecule has 0 saturated heterocycles. The van der Waals surface area contributed by atoms with E-state index in [1.54, 1.807) is 6.92 Å². The van der Waals surface area contributed by atoms with E-state index in [9.17, 15) is 4.79 Å². The summed E-state index contributed by atoms with van der Waals surface area (Å²) in [5.74, 6) is 1.51. The van der Waals surface area contributed by atoms with Crippen molar-refractivity contribution in [1.82, 2.24) is 15.5 Å². The molecule has 6 heteroatoms. The maximum Gasteiger partial charge on any atom is 0.223 e. The maximum atomic E-state index is 11.5. The molecule has 3 N–H and O–H groups in total. The third-order valence-electron chi connectivity index (χ3n) is 2.54. The Labute approximate surface area is 101 Å².